The predicted octanol–water partition coefficient (Wildman–Crippen LogP) is 3.08. The topological polar surface area (TPSA) is 26.3 Å². The Morgan fingerprint density at radius 3 is 2.71 bits per heavy atom. The van der Waals surface area contributed by atoms with E-state index in [0.29, 0.717) is 10.6 Å². The van der Waals surface area contributed by atoms with Crippen LogP contribution in [0.5, 0.6) is 0 Å². The van der Waals surface area contributed by atoms with Crippen molar-refractivity contribution in [1.29, 1.82) is 0 Å². The first-order chi connectivity index (χ1) is 6.69. The normalized spacial score (nSPS) is 9.93. The van der Waals surface area contributed by atoms with Gasteiger partial charge in [-0.05, 0) is 24.1 Å². The number of aryl methyl sites for hydroxylation is 1. The molecule has 1 aromatic carbocycles. The maximum absolute atomic E-state index is 11.2. The molecule has 0 spiro atoms. The van der Waals surface area contributed by atoms with Gasteiger partial charge in [-0.3, -0.25) is 0 Å². The van der Waals surface area contributed by atoms with Crippen LogP contribution in [0.1, 0.15) is 29.3 Å². The molecule has 0 aliphatic carbocycles. The van der Waals surface area contributed by atoms with E-state index in [-0.39, 0.29) is 0 Å². The van der Waals surface area contributed by atoms with Crippen molar-refractivity contribution >= 4 is 17.6 Å². The second-order valence-electron chi connectivity index (χ2n) is 3.06. The Morgan fingerprint density at radius 1 is 1.50 bits per heavy atom. The molecule has 0 aromatic heterocycles. The first kappa shape index (κ1) is 11.1. The minimum atomic E-state index is -0.391. The van der Waals surface area contributed by atoms with E-state index >= 15 is 0 Å². The number of halogens is 1. The molecule has 0 saturated carbocycles. The van der Waals surface area contributed by atoms with Crippen LogP contribution in [-0.4, -0.2) is 13.1 Å². The molecular weight excluding hydrogens is 200 g/mol. The molecule has 0 bridgehead atoms. The smallest absolute Gasteiger partial charge is 0.339 e. The van der Waals surface area contributed by atoms with E-state index in [4.69, 9.17) is 11.6 Å². The van der Waals surface area contributed by atoms with Gasteiger partial charge in [0.15, 0.2) is 0 Å². The Morgan fingerprint density at radius 2 is 2.21 bits per heavy atom. The molecule has 0 N–H and O–H groups in total. The molecule has 3 heteroatoms. The molecular formula is C11H13ClO2. The van der Waals surface area contributed by atoms with Crippen LogP contribution < -0.4 is 0 Å². The number of methoxy groups -OCH3 is 1. The number of hydrogen-bond donors (Lipinski definition) is 0. The molecule has 76 valence electrons. The third kappa shape index (κ3) is 2.48. The summed E-state index contributed by atoms with van der Waals surface area (Å²) < 4.78 is 4.59. The van der Waals surface area contributed by atoms with E-state index in [9.17, 15) is 4.79 Å². The molecule has 0 saturated heterocycles. The van der Waals surface area contributed by atoms with Crippen molar-refractivity contribution in [2.75, 3.05) is 7.11 Å². The van der Waals surface area contributed by atoms with Gasteiger partial charge < -0.3 is 4.74 Å². The molecule has 0 radical (unpaired) electrons. The lowest BCUT2D eigenvalue weighted by Gasteiger charge is -2.04. The average Bonchev–Trinajstić information content (AvgIpc) is 2.17. The van der Waals surface area contributed by atoms with E-state index in [1.54, 1.807) is 6.07 Å². The second kappa shape index (κ2) is 5.01. The predicted molar refractivity (Wildman–Crippen MR) is 56.8 cm³/mol. The van der Waals surface area contributed by atoms with Crippen molar-refractivity contribution in [3.05, 3.63) is 34.3 Å². The monoisotopic (exact) mass is 212 g/mol. The summed E-state index contributed by atoms with van der Waals surface area (Å²) in [6, 6.07) is 5.43. The molecule has 0 atom stereocenters. The zero-order valence-corrected chi connectivity index (χ0v) is 9.10. The van der Waals surface area contributed by atoms with Gasteiger partial charge in [-0.2, -0.15) is 0 Å². The summed E-state index contributed by atoms with van der Waals surface area (Å²) in [5.41, 5.74) is 1.57. The molecule has 0 unspecified atom stereocenters. The van der Waals surface area contributed by atoms with Crippen LogP contribution in [0, 0.1) is 0 Å². The van der Waals surface area contributed by atoms with Gasteiger partial charge in [0.25, 0.3) is 0 Å². The number of carbonyl (C=O) groups is 1. The van der Waals surface area contributed by atoms with Gasteiger partial charge in [-0.15, -0.1) is 0 Å². The van der Waals surface area contributed by atoms with Crippen LogP contribution in [0.15, 0.2) is 18.2 Å². The van der Waals surface area contributed by atoms with Crippen molar-refractivity contribution < 1.29 is 9.53 Å². The highest BCUT2D eigenvalue weighted by molar-refractivity contribution is 6.33. The Labute approximate surface area is 88.8 Å². The maximum atomic E-state index is 11.2. The van der Waals surface area contributed by atoms with Crippen molar-refractivity contribution in [1.82, 2.24) is 0 Å². The standard InChI is InChI=1S/C11H13ClO2/c1-3-4-8-5-6-9(10(12)7-8)11(13)14-2/h5-7H,3-4H2,1-2H3. The van der Waals surface area contributed by atoms with Crippen LogP contribution in [0.2, 0.25) is 5.02 Å². The van der Waals surface area contributed by atoms with Crippen LogP contribution in [-0.2, 0) is 11.2 Å². The summed E-state index contributed by atoms with van der Waals surface area (Å²) in [7, 11) is 1.35. The first-order valence-electron chi connectivity index (χ1n) is 4.55. The van der Waals surface area contributed by atoms with Gasteiger partial charge in [-0.25, -0.2) is 4.79 Å². The lowest BCUT2D eigenvalue weighted by Crippen LogP contribution is -2.02. The molecule has 0 aliphatic rings. The fourth-order valence-electron chi connectivity index (χ4n) is 1.28. The highest BCUT2D eigenvalue weighted by atomic mass is 35.5. The fourth-order valence-corrected chi connectivity index (χ4v) is 1.56. The van der Waals surface area contributed by atoms with Crippen LogP contribution in [0.3, 0.4) is 0 Å². The molecule has 0 aliphatic heterocycles. The number of benzene rings is 1. The number of ether oxygens (including phenoxy) is 1. The zero-order chi connectivity index (χ0) is 10.6. The number of rotatable bonds is 3. The van der Waals surface area contributed by atoms with Gasteiger partial charge in [0.05, 0.1) is 17.7 Å². The summed E-state index contributed by atoms with van der Waals surface area (Å²) in [5.74, 6) is -0.391. The summed E-state index contributed by atoms with van der Waals surface area (Å²) in [6.45, 7) is 2.10. The quantitative estimate of drug-likeness (QED) is 0.720. The van der Waals surface area contributed by atoms with Gasteiger partial charge in [0.1, 0.15) is 0 Å². The number of esters is 1. The van der Waals surface area contributed by atoms with Gasteiger partial charge >= 0.3 is 5.97 Å². The molecule has 0 fully saturated rings. The van der Waals surface area contributed by atoms with E-state index < -0.39 is 5.97 Å². The fraction of sp³-hybridized carbons (Fsp3) is 0.364. The van der Waals surface area contributed by atoms with Crippen molar-refractivity contribution in [3.63, 3.8) is 0 Å². The Kier molecular flexibility index (Phi) is 3.96. The molecule has 0 amide bonds. The first-order valence-corrected chi connectivity index (χ1v) is 4.93. The summed E-state index contributed by atoms with van der Waals surface area (Å²) in [5, 5.41) is 0.461. The molecule has 1 aromatic rings. The van der Waals surface area contributed by atoms with Gasteiger partial charge in [-0.1, -0.05) is 31.0 Å². The summed E-state index contributed by atoms with van der Waals surface area (Å²) in [4.78, 5) is 11.2. The maximum Gasteiger partial charge on any atom is 0.339 e. The SMILES string of the molecule is CCCc1ccc(C(=O)OC)c(Cl)c1. The minimum absolute atomic E-state index is 0.391. The van der Waals surface area contributed by atoms with Crippen molar-refractivity contribution in [2.24, 2.45) is 0 Å². The molecule has 14 heavy (non-hydrogen) atoms. The Bertz CT molecular complexity index is 334. The highest BCUT2D eigenvalue weighted by Crippen LogP contribution is 2.19. The van der Waals surface area contributed by atoms with Crippen LogP contribution >= 0.6 is 11.6 Å². The highest BCUT2D eigenvalue weighted by Gasteiger charge is 2.10. The summed E-state index contributed by atoms with van der Waals surface area (Å²) >= 11 is 5.94. The molecule has 0 heterocycles. The lowest BCUT2D eigenvalue weighted by atomic mass is 10.1. The van der Waals surface area contributed by atoms with Crippen LogP contribution in [0.25, 0.3) is 0 Å². The summed E-state index contributed by atoms with van der Waals surface area (Å²) in [6.07, 6.45) is 2.04. The van der Waals surface area contributed by atoms with Crippen molar-refractivity contribution in [3.8, 4) is 0 Å². The third-order valence-corrected chi connectivity index (χ3v) is 2.29. The van der Waals surface area contributed by atoms with E-state index in [1.807, 2.05) is 12.1 Å². The minimum Gasteiger partial charge on any atom is -0.465 e. The zero-order valence-electron chi connectivity index (χ0n) is 8.34. The largest absolute Gasteiger partial charge is 0.465 e. The van der Waals surface area contributed by atoms with Crippen molar-refractivity contribution in [2.45, 2.75) is 19.8 Å². The van der Waals surface area contributed by atoms with E-state index in [1.165, 1.54) is 7.11 Å². The average molecular weight is 213 g/mol. The van der Waals surface area contributed by atoms with E-state index in [0.717, 1.165) is 18.4 Å². The number of hydrogen-bond acceptors (Lipinski definition) is 2. The second-order valence-corrected chi connectivity index (χ2v) is 3.46. The van der Waals surface area contributed by atoms with Gasteiger partial charge in [0, 0.05) is 0 Å². The van der Waals surface area contributed by atoms with E-state index in [2.05, 4.69) is 11.7 Å². The third-order valence-electron chi connectivity index (χ3n) is 1.98. The Hall–Kier alpha value is -1.02. The molecule has 2 nitrogen and oxygen atoms in total. The Balaban J connectivity index is 2.95. The number of carbonyl (C=O) groups excluding carboxylic acids is 1. The molecule has 1 rings (SSSR count). The van der Waals surface area contributed by atoms with Gasteiger partial charge in [0.2, 0.25) is 0 Å². The lowest BCUT2D eigenvalue weighted by molar-refractivity contribution is 0.0601. The van der Waals surface area contributed by atoms with Crippen LogP contribution in [0.4, 0.5) is 0 Å².